The first-order valence-electron chi connectivity index (χ1n) is 10.9. The number of aryl methyl sites for hydroxylation is 1. The number of carbonyl (C=O) groups excluding carboxylic acids is 2. The van der Waals surface area contributed by atoms with Crippen LogP contribution in [-0.2, 0) is 0 Å². The van der Waals surface area contributed by atoms with E-state index in [-0.39, 0.29) is 11.9 Å². The van der Waals surface area contributed by atoms with Gasteiger partial charge in [0.05, 0.1) is 5.56 Å². The number of carbonyl (C=O) groups is 2. The zero-order valence-corrected chi connectivity index (χ0v) is 17.6. The summed E-state index contributed by atoms with van der Waals surface area (Å²) in [5.74, 6) is 0.0690. The Hall–Kier alpha value is -3.02. The Balaban J connectivity index is 1.55. The Kier molecular flexibility index (Phi) is 6.21. The van der Waals surface area contributed by atoms with Gasteiger partial charge in [0.2, 0.25) is 0 Å². The molecule has 0 aromatic heterocycles. The molecule has 0 unspecified atom stereocenters. The Bertz CT molecular complexity index is 915. The number of benzene rings is 2. The second kappa shape index (κ2) is 9.20. The van der Waals surface area contributed by atoms with Crippen molar-refractivity contribution in [3.8, 4) is 0 Å². The number of anilines is 3. The second-order valence-corrected chi connectivity index (χ2v) is 8.17. The molecule has 0 saturated carbocycles. The summed E-state index contributed by atoms with van der Waals surface area (Å²) >= 11 is 0. The van der Waals surface area contributed by atoms with Gasteiger partial charge in [0.1, 0.15) is 0 Å². The molecule has 6 nitrogen and oxygen atoms in total. The van der Waals surface area contributed by atoms with Crippen LogP contribution in [0.2, 0.25) is 0 Å². The third-order valence-electron chi connectivity index (χ3n) is 5.97. The molecule has 3 amide bonds. The molecule has 0 spiro atoms. The van der Waals surface area contributed by atoms with E-state index >= 15 is 0 Å². The van der Waals surface area contributed by atoms with Gasteiger partial charge in [0.15, 0.2) is 0 Å². The average Bonchev–Trinajstić information content (AvgIpc) is 3.30. The third-order valence-corrected chi connectivity index (χ3v) is 5.97. The number of likely N-dealkylation sites (tertiary alicyclic amines) is 1. The molecule has 4 rings (SSSR count). The summed E-state index contributed by atoms with van der Waals surface area (Å²) in [6, 6.07) is 13.0. The lowest BCUT2D eigenvalue weighted by Gasteiger charge is -2.29. The van der Waals surface area contributed by atoms with E-state index in [2.05, 4.69) is 15.5 Å². The molecule has 2 aromatic carbocycles. The maximum Gasteiger partial charge on any atom is 0.323 e. The highest BCUT2D eigenvalue weighted by molar-refractivity contribution is 6.04. The van der Waals surface area contributed by atoms with Gasteiger partial charge in [-0.1, -0.05) is 18.2 Å². The first-order chi connectivity index (χ1) is 14.6. The van der Waals surface area contributed by atoms with Crippen LogP contribution in [0.15, 0.2) is 42.5 Å². The number of piperidine rings is 1. The lowest BCUT2D eigenvalue weighted by atomic mass is 10.1. The van der Waals surface area contributed by atoms with Gasteiger partial charge in [-0.3, -0.25) is 4.79 Å². The lowest BCUT2D eigenvalue weighted by Crippen LogP contribution is -2.36. The van der Waals surface area contributed by atoms with Gasteiger partial charge >= 0.3 is 6.03 Å². The minimum atomic E-state index is -0.311. The number of hydrogen-bond donors (Lipinski definition) is 2. The maximum atomic E-state index is 13.3. The van der Waals surface area contributed by atoms with Crippen LogP contribution in [0.4, 0.5) is 21.9 Å². The molecule has 2 N–H and O–H groups in total. The van der Waals surface area contributed by atoms with Crippen molar-refractivity contribution in [1.82, 2.24) is 4.90 Å². The van der Waals surface area contributed by atoms with Gasteiger partial charge in [0, 0.05) is 43.2 Å². The molecule has 2 aromatic rings. The molecule has 2 heterocycles. The summed E-state index contributed by atoms with van der Waals surface area (Å²) < 4.78 is 0. The van der Waals surface area contributed by atoms with E-state index in [1.807, 2.05) is 54.3 Å². The second-order valence-electron chi connectivity index (χ2n) is 8.17. The predicted molar refractivity (Wildman–Crippen MR) is 121 cm³/mol. The molecule has 0 aliphatic carbocycles. The summed E-state index contributed by atoms with van der Waals surface area (Å²) in [7, 11) is 0. The third kappa shape index (κ3) is 4.58. The highest BCUT2D eigenvalue weighted by Gasteiger charge is 2.25. The smallest absolute Gasteiger partial charge is 0.323 e. The molecule has 0 bridgehead atoms. The minimum Gasteiger partial charge on any atom is -0.371 e. The fourth-order valence-electron chi connectivity index (χ4n) is 4.28. The van der Waals surface area contributed by atoms with Crippen LogP contribution < -0.4 is 15.5 Å². The molecule has 0 atom stereocenters. The molecule has 2 aliphatic heterocycles. The van der Waals surface area contributed by atoms with Gasteiger partial charge in [0.25, 0.3) is 5.91 Å². The predicted octanol–water partition coefficient (Wildman–Crippen LogP) is 4.87. The van der Waals surface area contributed by atoms with E-state index in [4.69, 9.17) is 0 Å². The van der Waals surface area contributed by atoms with Crippen molar-refractivity contribution in [1.29, 1.82) is 0 Å². The largest absolute Gasteiger partial charge is 0.371 e. The van der Waals surface area contributed by atoms with Crippen molar-refractivity contribution in [2.45, 2.75) is 39.0 Å². The topological polar surface area (TPSA) is 64.7 Å². The fraction of sp³-hybridized carbons (Fsp3) is 0.417. The molecule has 158 valence electrons. The molecule has 6 heteroatoms. The normalized spacial score (nSPS) is 16.4. The number of nitrogens with zero attached hydrogens (tertiary/aromatic N) is 2. The first-order valence-corrected chi connectivity index (χ1v) is 10.9. The summed E-state index contributed by atoms with van der Waals surface area (Å²) in [6.07, 6.45) is 5.60. The van der Waals surface area contributed by atoms with Crippen molar-refractivity contribution < 1.29 is 9.59 Å². The number of urea groups is 1. The van der Waals surface area contributed by atoms with Crippen LogP contribution >= 0.6 is 0 Å². The molecule has 0 radical (unpaired) electrons. The fourth-order valence-corrected chi connectivity index (χ4v) is 4.28. The van der Waals surface area contributed by atoms with Crippen molar-refractivity contribution in [2.24, 2.45) is 0 Å². The molecular formula is C24H30N4O2. The zero-order valence-electron chi connectivity index (χ0n) is 17.6. The number of nitrogens with one attached hydrogen (secondary N) is 2. The van der Waals surface area contributed by atoms with Crippen molar-refractivity contribution in [3.05, 3.63) is 53.6 Å². The number of hydrogen-bond acceptors (Lipinski definition) is 3. The molecule has 30 heavy (non-hydrogen) atoms. The van der Waals surface area contributed by atoms with E-state index in [9.17, 15) is 9.59 Å². The maximum absolute atomic E-state index is 13.3. The van der Waals surface area contributed by atoms with Gasteiger partial charge in [-0.15, -0.1) is 0 Å². The van der Waals surface area contributed by atoms with E-state index in [1.54, 1.807) is 0 Å². The summed E-state index contributed by atoms with van der Waals surface area (Å²) in [5.41, 5.74) is 4.07. The van der Waals surface area contributed by atoms with Crippen LogP contribution in [-0.4, -0.2) is 43.0 Å². The Morgan fingerprint density at radius 1 is 0.833 bits per heavy atom. The molecular weight excluding hydrogens is 376 g/mol. The lowest BCUT2D eigenvalue weighted by molar-refractivity contribution is 0.0725. The van der Waals surface area contributed by atoms with Crippen LogP contribution in [0.5, 0.6) is 0 Å². The summed E-state index contributed by atoms with van der Waals surface area (Å²) in [4.78, 5) is 30.1. The Labute approximate surface area is 178 Å². The van der Waals surface area contributed by atoms with Gasteiger partial charge in [-0.25, -0.2) is 4.79 Å². The van der Waals surface area contributed by atoms with E-state index < -0.39 is 0 Å². The van der Waals surface area contributed by atoms with Crippen LogP contribution in [0, 0.1) is 6.92 Å². The van der Waals surface area contributed by atoms with Crippen LogP contribution in [0.3, 0.4) is 0 Å². The molecule has 2 aliphatic rings. The van der Waals surface area contributed by atoms with Crippen molar-refractivity contribution in [2.75, 3.05) is 41.7 Å². The van der Waals surface area contributed by atoms with E-state index in [1.165, 1.54) is 6.42 Å². The van der Waals surface area contributed by atoms with E-state index in [0.717, 1.165) is 68.8 Å². The molecule has 2 fully saturated rings. The van der Waals surface area contributed by atoms with Crippen molar-refractivity contribution in [3.63, 3.8) is 0 Å². The van der Waals surface area contributed by atoms with Gasteiger partial charge < -0.3 is 20.4 Å². The summed E-state index contributed by atoms with van der Waals surface area (Å²) in [6.45, 7) is 5.52. The van der Waals surface area contributed by atoms with Crippen LogP contribution in [0.25, 0.3) is 0 Å². The Morgan fingerprint density at radius 3 is 2.27 bits per heavy atom. The van der Waals surface area contributed by atoms with Crippen molar-refractivity contribution >= 4 is 29.0 Å². The quantitative estimate of drug-likeness (QED) is 0.762. The highest BCUT2D eigenvalue weighted by Crippen LogP contribution is 2.29. The summed E-state index contributed by atoms with van der Waals surface area (Å²) in [5, 5.41) is 5.78. The number of rotatable bonds is 4. The SMILES string of the molecule is Cc1ccccc1NC(=O)Nc1ccc(N2CCCC2)c(C(=O)N2CCCCC2)c1. The van der Waals surface area contributed by atoms with Gasteiger partial charge in [-0.05, 0) is 68.9 Å². The standard InChI is InChI=1S/C24H30N4O2/c1-18-9-3-4-10-21(18)26-24(30)25-19-11-12-22(27-13-7-8-14-27)20(17-19)23(29)28-15-5-2-6-16-28/h3-4,9-12,17H,2,5-8,13-16H2,1H3,(H2,25,26,30). The zero-order chi connectivity index (χ0) is 20.9. The highest BCUT2D eigenvalue weighted by atomic mass is 16.2. The first kappa shape index (κ1) is 20.3. The van der Waals surface area contributed by atoms with Crippen LogP contribution in [0.1, 0.15) is 48.0 Å². The number of amides is 3. The minimum absolute atomic E-state index is 0.0690. The van der Waals surface area contributed by atoms with E-state index in [0.29, 0.717) is 11.3 Å². The Morgan fingerprint density at radius 2 is 1.53 bits per heavy atom. The number of para-hydroxylation sites is 1. The average molecular weight is 407 g/mol. The monoisotopic (exact) mass is 406 g/mol. The molecule has 2 saturated heterocycles. The van der Waals surface area contributed by atoms with Gasteiger partial charge in [-0.2, -0.15) is 0 Å².